The molecule has 1 nitrogen and oxygen atoms in total. The zero-order valence-corrected chi connectivity index (χ0v) is 12.4. The average Bonchev–Trinajstić information content (AvgIpc) is 2.24. The van der Waals surface area contributed by atoms with Gasteiger partial charge in [-0.25, -0.2) is 0 Å². The van der Waals surface area contributed by atoms with Crippen LogP contribution in [0.2, 0.25) is 0 Å². The Balaban J connectivity index is 2.54. The van der Waals surface area contributed by atoms with E-state index < -0.39 is 0 Å². The summed E-state index contributed by atoms with van der Waals surface area (Å²) in [4.78, 5) is 0. The van der Waals surface area contributed by atoms with Crippen LogP contribution in [0.15, 0.2) is 12.2 Å². The quantitative estimate of drug-likeness (QED) is 0.733. The van der Waals surface area contributed by atoms with E-state index in [0.29, 0.717) is 6.04 Å². The Morgan fingerprint density at radius 1 is 1.44 bits per heavy atom. The van der Waals surface area contributed by atoms with Gasteiger partial charge in [0, 0.05) is 28.0 Å². The van der Waals surface area contributed by atoms with Crippen molar-refractivity contribution in [1.29, 1.82) is 0 Å². The molecule has 0 aromatic rings. The predicted octanol–water partition coefficient (Wildman–Crippen LogP) is 3.56. The van der Waals surface area contributed by atoms with Gasteiger partial charge in [-0.2, -0.15) is 23.5 Å². The molecule has 1 rings (SSSR count). The molecule has 0 bridgehead atoms. The number of thioether (sulfide) groups is 2. The van der Waals surface area contributed by atoms with Gasteiger partial charge in [-0.3, -0.25) is 0 Å². The maximum atomic E-state index is 4.07. The Bertz CT molecular complexity index is 218. The summed E-state index contributed by atoms with van der Waals surface area (Å²) >= 11 is 4.27. The minimum absolute atomic E-state index is 0.616. The highest BCUT2D eigenvalue weighted by Gasteiger charge is 2.29. The van der Waals surface area contributed by atoms with Crippen LogP contribution in [0, 0.1) is 0 Å². The molecule has 0 aromatic carbocycles. The molecule has 0 aliphatic carbocycles. The monoisotopic (exact) mass is 259 g/mol. The molecule has 1 aliphatic rings. The van der Waals surface area contributed by atoms with Crippen molar-refractivity contribution in [3.05, 3.63) is 12.2 Å². The summed E-state index contributed by atoms with van der Waals surface area (Å²) in [6.45, 7) is 12.0. The molecular weight excluding hydrogens is 234 g/mol. The van der Waals surface area contributed by atoms with E-state index in [-0.39, 0.29) is 0 Å². The Kier molecular flexibility index (Phi) is 6.94. The van der Waals surface area contributed by atoms with Crippen LogP contribution in [-0.4, -0.2) is 34.6 Å². The van der Waals surface area contributed by atoms with Gasteiger partial charge in [0.05, 0.1) is 0 Å². The van der Waals surface area contributed by atoms with Crippen LogP contribution in [0.3, 0.4) is 0 Å². The SMILES string of the molecule is C=C(C)CC(NCCC)C1SCCSC1C. The highest BCUT2D eigenvalue weighted by molar-refractivity contribution is 8.07. The molecule has 0 radical (unpaired) electrons. The smallest absolute Gasteiger partial charge is 0.0320 e. The summed E-state index contributed by atoms with van der Waals surface area (Å²) in [7, 11) is 0. The molecule has 1 saturated heterocycles. The Morgan fingerprint density at radius 2 is 2.12 bits per heavy atom. The van der Waals surface area contributed by atoms with Crippen molar-refractivity contribution in [3.63, 3.8) is 0 Å². The Labute approximate surface area is 109 Å². The third kappa shape index (κ3) is 4.72. The van der Waals surface area contributed by atoms with Gasteiger partial charge >= 0.3 is 0 Å². The molecule has 3 atom stereocenters. The third-order valence-corrected chi connectivity index (χ3v) is 6.11. The lowest BCUT2D eigenvalue weighted by molar-refractivity contribution is 0.486. The van der Waals surface area contributed by atoms with Crippen molar-refractivity contribution >= 4 is 23.5 Å². The highest BCUT2D eigenvalue weighted by Crippen LogP contribution is 2.34. The second kappa shape index (κ2) is 7.67. The lowest BCUT2D eigenvalue weighted by atomic mass is 10.0. The van der Waals surface area contributed by atoms with E-state index in [1.807, 2.05) is 0 Å². The van der Waals surface area contributed by atoms with Gasteiger partial charge in [-0.15, -0.1) is 6.58 Å². The second-order valence-corrected chi connectivity index (χ2v) is 7.40. The fourth-order valence-corrected chi connectivity index (χ4v) is 5.06. The highest BCUT2D eigenvalue weighted by atomic mass is 32.2. The maximum absolute atomic E-state index is 4.07. The first kappa shape index (κ1) is 14.5. The molecule has 0 spiro atoms. The first-order valence-electron chi connectivity index (χ1n) is 6.26. The fraction of sp³-hybridized carbons (Fsp3) is 0.846. The van der Waals surface area contributed by atoms with Gasteiger partial charge in [0.25, 0.3) is 0 Å². The molecule has 1 aliphatic heterocycles. The van der Waals surface area contributed by atoms with Crippen LogP contribution in [0.4, 0.5) is 0 Å². The second-order valence-electron chi connectivity index (χ2n) is 4.63. The van der Waals surface area contributed by atoms with Crippen LogP contribution in [0.25, 0.3) is 0 Å². The molecule has 16 heavy (non-hydrogen) atoms. The van der Waals surface area contributed by atoms with Gasteiger partial charge in [0.2, 0.25) is 0 Å². The number of nitrogens with one attached hydrogen (secondary N) is 1. The van der Waals surface area contributed by atoms with E-state index >= 15 is 0 Å². The standard InChI is InChI=1S/C13H25NS2/c1-5-6-14-12(9-10(2)3)13-11(4)15-7-8-16-13/h11-14H,2,5-9H2,1,3-4H3. The van der Waals surface area contributed by atoms with Gasteiger partial charge in [-0.1, -0.05) is 19.4 Å². The summed E-state index contributed by atoms with van der Waals surface area (Å²) in [5, 5.41) is 5.23. The molecule has 1 heterocycles. The first-order chi connectivity index (χ1) is 7.65. The van der Waals surface area contributed by atoms with E-state index in [2.05, 4.69) is 56.2 Å². The van der Waals surface area contributed by atoms with Crippen LogP contribution in [-0.2, 0) is 0 Å². The fourth-order valence-electron chi connectivity index (χ4n) is 2.10. The molecule has 0 saturated carbocycles. The summed E-state index contributed by atoms with van der Waals surface area (Å²) in [5.74, 6) is 2.62. The summed E-state index contributed by atoms with van der Waals surface area (Å²) in [6, 6.07) is 0.616. The molecule has 0 amide bonds. The molecule has 94 valence electrons. The van der Waals surface area contributed by atoms with E-state index in [1.165, 1.54) is 23.5 Å². The maximum Gasteiger partial charge on any atom is 0.0320 e. The van der Waals surface area contributed by atoms with Crippen molar-refractivity contribution in [2.45, 2.75) is 50.2 Å². The first-order valence-corrected chi connectivity index (χ1v) is 8.35. The Morgan fingerprint density at radius 3 is 2.69 bits per heavy atom. The minimum Gasteiger partial charge on any atom is -0.313 e. The van der Waals surface area contributed by atoms with Gasteiger partial charge in [0.1, 0.15) is 0 Å². The van der Waals surface area contributed by atoms with Gasteiger partial charge in [-0.05, 0) is 26.3 Å². The molecule has 0 aromatic heterocycles. The van der Waals surface area contributed by atoms with E-state index in [1.54, 1.807) is 0 Å². The summed E-state index contributed by atoms with van der Waals surface area (Å²) in [5.41, 5.74) is 1.30. The normalized spacial score (nSPS) is 27.7. The molecule has 3 unspecified atom stereocenters. The lowest BCUT2D eigenvalue weighted by Crippen LogP contribution is -2.44. The zero-order valence-electron chi connectivity index (χ0n) is 10.8. The average molecular weight is 259 g/mol. The lowest BCUT2D eigenvalue weighted by Gasteiger charge is -2.35. The van der Waals surface area contributed by atoms with Crippen LogP contribution in [0.1, 0.15) is 33.6 Å². The van der Waals surface area contributed by atoms with E-state index in [0.717, 1.165) is 23.5 Å². The Hall–Kier alpha value is 0.400. The van der Waals surface area contributed by atoms with Gasteiger partial charge < -0.3 is 5.32 Å². The molecular formula is C13H25NS2. The van der Waals surface area contributed by atoms with Crippen molar-refractivity contribution < 1.29 is 0 Å². The molecule has 1 N–H and O–H groups in total. The van der Waals surface area contributed by atoms with Gasteiger partial charge in [0.15, 0.2) is 0 Å². The van der Waals surface area contributed by atoms with Crippen molar-refractivity contribution in [2.75, 3.05) is 18.1 Å². The van der Waals surface area contributed by atoms with Crippen molar-refractivity contribution in [2.24, 2.45) is 0 Å². The number of hydrogen-bond donors (Lipinski definition) is 1. The molecule has 3 heteroatoms. The van der Waals surface area contributed by atoms with Crippen LogP contribution >= 0.6 is 23.5 Å². The van der Waals surface area contributed by atoms with Crippen molar-refractivity contribution in [1.82, 2.24) is 5.32 Å². The van der Waals surface area contributed by atoms with E-state index in [9.17, 15) is 0 Å². The van der Waals surface area contributed by atoms with E-state index in [4.69, 9.17) is 0 Å². The largest absolute Gasteiger partial charge is 0.313 e. The number of rotatable bonds is 6. The molecule has 1 fully saturated rings. The van der Waals surface area contributed by atoms with Crippen molar-refractivity contribution in [3.8, 4) is 0 Å². The third-order valence-electron chi connectivity index (χ3n) is 2.86. The minimum atomic E-state index is 0.616. The topological polar surface area (TPSA) is 12.0 Å². The summed E-state index contributed by atoms with van der Waals surface area (Å²) in [6.07, 6.45) is 2.34. The predicted molar refractivity (Wildman–Crippen MR) is 79.7 cm³/mol. The van der Waals surface area contributed by atoms with Crippen LogP contribution in [0.5, 0.6) is 0 Å². The van der Waals surface area contributed by atoms with Crippen LogP contribution < -0.4 is 5.32 Å². The number of hydrogen-bond acceptors (Lipinski definition) is 3. The zero-order chi connectivity index (χ0) is 12.0. The summed E-state index contributed by atoms with van der Waals surface area (Å²) < 4.78 is 0.